The molecule has 1 unspecified atom stereocenters. The zero-order chi connectivity index (χ0) is 6.73. The molecule has 0 saturated carbocycles. The fourth-order valence-electron chi connectivity index (χ4n) is 0.189. The van der Waals surface area contributed by atoms with Crippen molar-refractivity contribution in [2.75, 3.05) is 0 Å². The number of halogens is 2. The Kier molecular flexibility index (Phi) is 2.58. The van der Waals surface area contributed by atoms with Crippen molar-refractivity contribution >= 4 is 5.71 Å². The standard InChI is InChI=1S/C5H9F2N/c1-3(4(2)8)5(6)7/h3,5,8H,1-2H3. The molecule has 0 rings (SSSR count). The summed E-state index contributed by atoms with van der Waals surface area (Å²) >= 11 is 0. The molecule has 0 fully saturated rings. The third-order valence-electron chi connectivity index (χ3n) is 1.06. The third kappa shape index (κ3) is 2.00. The summed E-state index contributed by atoms with van der Waals surface area (Å²) < 4.78 is 23.1. The molecule has 0 aromatic carbocycles. The molecule has 0 amide bonds. The molecule has 0 aliphatic rings. The Bertz CT molecular complexity index is 90.4. The van der Waals surface area contributed by atoms with Gasteiger partial charge in [-0.1, -0.05) is 6.92 Å². The molecule has 0 aromatic rings. The maximum absolute atomic E-state index is 11.5. The highest BCUT2D eigenvalue weighted by atomic mass is 19.3. The van der Waals surface area contributed by atoms with Gasteiger partial charge >= 0.3 is 0 Å². The molecular formula is C5H9F2N. The Hall–Kier alpha value is -0.470. The smallest absolute Gasteiger partial charge is 0.246 e. The Morgan fingerprint density at radius 2 is 1.88 bits per heavy atom. The molecule has 48 valence electrons. The summed E-state index contributed by atoms with van der Waals surface area (Å²) in [6, 6.07) is 0. The molecule has 8 heavy (non-hydrogen) atoms. The van der Waals surface area contributed by atoms with E-state index < -0.39 is 12.3 Å². The van der Waals surface area contributed by atoms with Crippen molar-refractivity contribution in [2.24, 2.45) is 5.92 Å². The topological polar surface area (TPSA) is 23.9 Å². The van der Waals surface area contributed by atoms with Gasteiger partial charge in [0.1, 0.15) is 0 Å². The van der Waals surface area contributed by atoms with Gasteiger partial charge in [-0.25, -0.2) is 8.78 Å². The molecule has 1 nitrogen and oxygen atoms in total. The van der Waals surface area contributed by atoms with Gasteiger partial charge in [0.25, 0.3) is 0 Å². The molecule has 0 bridgehead atoms. The number of hydrogen-bond donors (Lipinski definition) is 1. The van der Waals surface area contributed by atoms with Crippen molar-refractivity contribution in [3.05, 3.63) is 0 Å². The minimum Gasteiger partial charge on any atom is -0.309 e. The summed E-state index contributed by atoms with van der Waals surface area (Å²) in [5.41, 5.74) is 0.0417. The quantitative estimate of drug-likeness (QED) is 0.540. The van der Waals surface area contributed by atoms with Crippen LogP contribution in [0.3, 0.4) is 0 Å². The molecule has 0 aromatic heterocycles. The van der Waals surface area contributed by atoms with E-state index in [2.05, 4.69) is 0 Å². The lowest BCUT2D eigenvalue weighted by Gasteiger charge is -2.05. The number of alkyl halides is 2. The highest BCUT2D eigenvalue weighted by Gasteiger charge is 2.15. The van der Waals surface area contributed by atoms with Crippen molar-refractivity contribution in [2.45, 2.75) is 20.3 Å². The van der Waals surface area contributed by atoms with Gasteiger partial charge in [-0.2, -0.15) is 0 Å². The van der Waals surface area contributed by atoms with E-state index >= 15 is 0 Å². The predicted octanol–water partition coefficient (Wildman–Crippen LogP) is 1.93. The highest BCUT2D eigenvalue weighted by molar-refractivity contribution is 5.81. The number of rotatable bonds is 2. The second-order valence-electron chi connectivity index (χ2n) is 1.81. The average Bonchev–Trinajstić information content (AvgIpc) is 1.64. The van der Waals surface area contributed by atoms with E-state index in [1.807, 2.05) is 0 Å². The van der Waals surface area contributed by atoms with Gasteiger partial charge in [0.15, 0.2) is 0 Å². The molecule has 0 saturated heterocycles. The van der Waals surface area contributed by atoms with Crippen LogP contribution in [0.5, 0.6) is 0 Å². The maximum atomic E-state index is 11.5. The predicted molar refractivity (Wildman–Crippen MR) is 28.6 cm³/mol. The van der Waals surface area contributed by atoms with E-state index in [0.717, 1.165) is 0 Å². The van der Waals surface area contributed by atoms with E-state index in [9.17, 15) is 8.78 Å². The Labute approximate surface area is 47.2 Å². The van der Waals surface area contributed by atoms with Crippen molar-refractivity contribution in [1.82, 2.24) is 0 Å². The van der Waals surface area contributed by atoms with E-state index in [1.54, 1.807) is 0 Å². The van der Waals surface area contributed by atoms with Crippen LogP contribution >= 0.6 is 0 Å². The van der Waals surface area contributed by atoms with Gasteiger partial charge in [-0.15, -0.1) is 0 Å². The molecule has 0 aliphatic heterocycles. The first-order valence-electron chi connectivity index (χ1n) is 2.39. The van der Waals surface area contributed by atoms with Crippen LogP contribution in [0.4, 0.5) is 8.78 Å². The molecule has 0 heterocycles. The lowest BCUT2D eigenvalue weighted by Crippen LogP contribution is -2.14. The van der Waals surface area contributed by atoms with Gasteiger partial charge < -0.3 is 5.41 Å². The molecule has 1 atom stereocenters. The van der Waals surface area contributed by atoms with E-state index in [0.29, 0.717) is 0 Å². The Balaban J connectivity index is 3.64. The van der Waals surface area contributed by atoms with Crippen molar-refractivity contribution in [1.29, 1.82) is 5.41 Å². The van der Waals surface area contributed by atoms with E-state index in [4.69, 9.17) is 5.41 Å². The molecule has 3 heteroatoms. The third-order valence-corrected chi connectivity index (χ3v) is 1.06. The summed E-state index contributed by atoms with van der Waals surface area (Å²) in [5, 5.41) is 6.75. The van der Waals surface area contributed by atoms with Crippen molar-refractivity contribution in [3.63, 3.8) is 0 Å². The van der Waals surface area contributed by atoms with Gasteiger partial charge in [0.2, 0.25) is 6.43 Å². The average molecular weight is 121 g/mol. The summed E-state index contributed by atoms with van der Waals surface area (Å²) in [6.07, 6.45) is -2.38. The second kappa shape index (κ2) is 2.74. The van der Waals surface area contributed by atoms with Gasteiger partial charge in [-0.05, 0) is 6.92 Å². The SMILES string of the molecule is CC(=N)C(C)C(F)F. The first-order chi connectivity index (χ1) is 3.55. The van der Waals surface area contributed by atoms with Crippen LogP contribution in [0.25, 0.3) is 0 Å². The van der Waals surface area contributed by atoms with Gasteiger partial charge in [0, 0.05) is 5.71 Å². The van der Waals surface area contributed by atoms with Crippen LogP contribution in [0.2, 0.25) is 0 Å². The van der Waals surface area contributed by atoms with Gasteiger partial charge in [0.05, 0.1) is 5.92 Å². The fraction of sp³-hybridized carbons (Fsp3) is 0.800. The largest absolute Gasteiger partial charge is 0.309 e. The van der Waals surface area contributed by atoms with Gasteiger partial charge in [-0.3, -0.25) is 0 Å². The van der Waals surface area contributed by atoms with E-state index in [-0.39, 0.29) is 5.71 Å². The molecule has 0 spiro atoms. The lowest BCUT2D eigenvalue weighted by molar-refractivity contribution is 0.116. The highest BCUT2D eigenvalue weighted by Crippen LogP contribution is 2.08. The monoisotopic (exact) mass is 121 g/mol. The molecule has 0 radical (unpaired) electrons. The first-order valence-corrected chi connectivity index (χ1v) is 2.39. The van der Waals surface area contributed by atoms with Crippen LogP contribution in [0, 0.1) is 11.3 Å². The normalized spacial score (nSPS) is 14.1. The maximum Gasteiger partial charge on any atom is 0.246 e. The minimum absolute atomic E-state index is 0.0417. The zero-order valence-electron chi connectivity index (χ0n) is 4.91. The Morgan fingerprint density at radius 1 is 1.50 bits per heavy atom. The Morgan fingerprint density at radius 3 is 1.88 bits per heavy atom. The fourth-order valence-corrected chi connectivity index (χ4v) is 0.189. The summed E-state index contributed by atoms with van der Waals surface area (Å²) in [7, 11) is 0. The minimum atomic E-state index is -2.38. The van der Waals surface area contributed by atoms with Crippen molar-refractivity contribution in [3.8, 4) is 0 Å². The van der Waals surface area contributed by atoms with Crippen LogP contribution in [-0.4, -0.2) is 12.1 Å². The summed E-state index contributed by atoms with van der Waals surface area (Å²) in [4.78, 5) is 0. The van der Waals surface area contributed by atoms with E-state index in [1.165, 1.54) is 13.8 Å². The van der Waals surface area contributed by atoms with Crippen LogP contribution < -0.4 is 0 Å². The van der Waals surface area contributed by atoms with Crippen LogP contribution in [0.1, 0.15) is 13.8 Å². The molecule has 1 N–H and O–H groups in total. The molecular weight excluding hydrogens is 112 g/mol. The zero-order valence-corrected chi connectivity index (χ0v) is 4.91. The lowest BCUT2D eigenvalue weighted by atomic mass is 10.1. The van der Waals surface area contributed by atoms with Crippen molar-refractivity contribution < 1.29 is 8.78 Å². The second-order valence-corrected chi connectivity index (χ2v) is 1.81. The summed E-state index contributed by atoms with van der Waals surface area (Å²) in [5.74, 6) is -0.880. The first kappa shape index (κ1) is 7.53. The van der Waals surface area contributed by atoms with Crippen LogP contribution in [-0.2, 0) is 0 Å². The number of nitrogens with one attached hydrogen (secondary N) is 1. The number of hydrogen-bond acceptors (Lipinski definition) is 1. The summed E-state index contributed by atoms with van der Waals surface area (Å²) in [6.45, 7) is 2.73. The van der Waals surface area contributed by atoms with Crippen LogP contribution in [0.15, 0.2) is 0 Å². The molecule has 0 aliphatic carbocycles.